The molecule has 0 aliphatic heterocycles. The Morgan fingerprint density at radius 1 is 1.21 bits per heavy atom. The minimum Gasteiger partial charge on any atom is -0.388 e. The highest BCUT2D eigenvalue weighted by Gasteiger charge is 2.15. The molecule has 0 rings (SSSR count). The maximum Gasteiger partial charge on any atom is 0.0229 e. The van der Waals surface area contributed by atoms with Gasteiger partial charge < -0.3 is 5.32 Å². The molecule has 0 bridgehead atoms. The third kappa shape index (κ3) is 6.76. The molecule has 0 atom stereocenters. The highest BCUT2D eigenvalue weighted by molar-refractivity contribution is 4.99. The molecule has 14 heavy (non-hydrogen) atoms. The molecule has 0 radical (unpaired) electrons. The van der Waals surface area contributed by atoms with Crippen LogP contribution in [0.3, 0.4) is 0 Å². The summed E-state index contributed by atoms with van der Waals surface area (Å²) in [6, 6.07) is 0. The molecule has 0 saturated carbocycles. The molecule has 0 aromatic heterocycles. The zero-order chi connectivity index (χ0) is 11.4. The van der Waals surface area contributed by atoms with Crippen LogP contribution in [-0.4, -0.2) is 6.54 Å². The Labute approximate surface area is 89.3 Å². The van der Waals surface area contributed by atoms with Gasteiger partial charge in [-0.25, -0.2) is 0 Å². The normalized spacial score (nSPS) is 12.4. The van der Waals surface area contributed by atoms with Gasteiger partial charge in [0.25, 0.3) is 0 Å². The fourth-order valence-electron chi connectivity index (χ4n) is 1.13. The second-order valence-electron chi connectivity index (χ2n) is 5.89. The monoisotopic (exact) mass is 195 g/mol. The van der Waals surface area contributed by atoms with E-state index in [2.05, 4.69) is 53.1 Å². The maximum absolute atomic E-state index is 4.03. The van der Waals surface area contributed by atoms with Gasteiger partial charge in [-0.15, -0.1) is 6.58 Å². The molecule has 0 amide bonds. The smallest absolute Gasteiger partial charge is 0.0229 e. The van der Waals surface area contributed by atoms with Crippen molar-refractivity contribution >= 4 is 0 Å². The zero-order valence-corrected chi connectivity index (χ0v) is 10.4. The molecular formula is C13H25N. The molecule has 1 nitrogen and oxygen atoms in total. The summed E-state index contributed by atoms with van der Waals surface area (Å²) in [5.41, 5.74) is 1.57. The maximum atomic E-state index is 4.03. The minimum absolute atomic E-state index is 0.140. The summed E-state index contributed by atoms with van der Waals surface area (Å²) in [5.74, 6) is 0. The van der Waals surface area contributed by atoms with Gasteiger partial charge in [0.2, 0.25) is 0 Å². The number of nitrogens with one attached hydrogen (secondary N) is 1. The van der Waals surface area contributed by atoms with Gasteiger partial charge >= 0.3 is 0 Å². The van der Waals surface area contributed by atoms with Crippen molar-refractivity contribution in [2.45, 2.75) is 41.0 Å². The molecule has 0 aliphatic rings. The lowest BCUT2D eigenvalue weighted by molar-refractivity contribution is 0.383. The quantitative estimate of drug-likeness (QED) is 0.659. The summed E-state index contributed by atoms with van der Waals surface area (Å²) < 4.78 is 0. The van der Waals surface area contributed by atoms with Gasteiger partial charge in [-0.3, -0.25) is 0 Å². The Hall–Kier alpha value is -0.720. The van der Waals surface area contributed by atoms with E-state index in [4.69, 9.17) is 0 Å². The third-order valence-electron chi connectivity index (χ3n) is 2.09. The summed E-state index contributed by atoms with van der Waals surface area (Å²) >= 11 is 0. The van der Waals surface area contributed by atoms with Crippen molar-refractivity contribution in [3.63, 3.8) is 0 Å². The van der Waals surface area contributed by atoms with Crippen LogP contribution in [0.2, 0.25) is 0 Å². The number of hydrogen-bond acceptors (Lipinski definition) is 1. The van der Waals surface area contributed by atoms with Crippen LogP contribution in [0.15, 0.2) is 24.9 Å². The fourth-order valence-corrected chi connectivity index (χ4v) is 1.13. The average molecular weight is 195 g/mol. The highest BCUT2D eigenvalue weighted by atomic mass is 14.9. The van der Waals surface area contributed by atoms with Crippen LogP contribution >= 0.6 is 0 Å². The average Bonchev–Trinajstić information content (AvgIpc) is 1.98. The SMILES string of the molecule is C=CC(C)(C)CNC(=C)CC(C)(C)C. The molecule has 0 unspecified atom stereocenters. The molecule has 0 heterocycles. The van der Waals surface area contributed by atoms with Crippen LogP contribution in [0.4, 0.5) is 0 Å². The lowest BCUT2D eigenvalue weighted by Gasteiger charge is -2.25. The van der Waals surface area contributed by atoms with E-state index in [0.717, 1.165) is 18.7 Å². The topological polar surface area (TPSA) is 12.0 Å². The van der Waals surface area contributed by atoms with Crippen LogP contribution in [-0.2, 0) is 0 Å². The van der Waals surface area contributed by atoms with E-state index in [-0.39, 0.29) is 5.41 Å². The van der Waals surface area contributed by atoms with Gasteiger partial charge in [-0.1, -0.05) is 47.3 Å². The van der Waals surface area contributed by atoms with Crippen molar-refractivity contribution in [2.24, 2.45) is 10.8 Å². The van der Waals surface area contributed by atoms with Gasteiger partial charge in [-0.05, 0) is 17.3 Å². The summed E-state index contributed by atoms with van der Waals surface area (Å²) in [5, 5.41) is 3.36. The standard InChI is InChI=1S/C13H25N/c1-8-13(6,7)10-14-11(2)9-12(3,4)5/h8,14H,1-2,9-10H2,3-7H3. The molecule has 0 aliphatic carbocycles. The van der Waals surface area contributed by atoms with Crippen LogP contribution in [0.25, 0.3) is 0 Å². The first-order valence-electron chi connectivity index (χ1n) is 5.21. The van der Waals surface area contributed by atoms with Gasteiger partial charge in [0.05, 0.1) is 0 Å². The second-order valence-corrected chi connectivity index (χ2v) is 5.89. The van der Waals surface area contributed by atoms with Gasteiger partial charge in [0, 0.05) is 12.2 Å². The van der Waals surface area contributed by atoms with Gasteiger partial charge in [-0.2, -0.15) is 0 Å². The van der Waals surface area contributed by atoms with E-state index in [9.17, 15) is 0 Å². The van der Waals surface area contributed by atoms with Crippen LogP contribution in [0.1, 0.15) is 41.0 Å². The van der Waals surface area contributed by atoms with Crippen molar-refractivity contribution < 1.29 is 0 Å². The van der Waals surface area contributed by atoms with Gasteiger partial charge in [0.1, 0.15) is 0 Å². The Morgan fingerprint density at radius 2 is 1.71 bits per heavy atom. The van der Waals surface area contributed by atoms with Crippen molar-refractivity contribution in [2.75, 3.05) is 6.54 Å². The van der Waals surface area contributed by atoms with Gasteiger partial charge in [0.15, 0.2) is 0 Å². The first kappa shape index (κ1) is 13.3. The third-order valence-corrected chi connectivity index (χ3v) is 2.09. The van der Waals surface area contributed by atoms with Crippen molar-refractivity contribution in [1.29, 1.82) is 0 Å². The molecule has 0 spiro atoms. The number of allylic oxidation sites excluding steroid dienone is 1. The molecular weight excluding hydrogens is 170 g/mol. The van der Waals surface area contributed by atoms with E-state index in [1.54, 1.807) is 0 Å². The summed E-state index contributed by atoms with van der Waals surface area (Å²) in [7, 11) is 0. The van der Waals surface area contributed by atoms with Crippen LogP contribution in [0, 0.1) is 10.8 Å². The predicted molar refractivity (Wildman–Crippen MR) is 65.2 cm³/mol. The molecule has 0 aromatic rings. The lowest BCUT2D eigenvalue weighted by atomic mass is 9.89. The first-order valence-corrected chi connectivity index (χ1v) is 5.21. The highest BCUT2D eigenvalue weighted by Crippen LogP contribution is 2.22. The van der Waals surface area contributed by atoms with Crippen LogP contribution < -0.4 is 5.32 Å². The summed E-state index contributed by atoms with van der Waals surface area (Å²) in [6.07, 6.45) is 2.99. The predicted octanol–water partition coefficient (Wildman–Crippen LogP) is 3.74. The molecule has 82 valence electrons. The van der Waals surface area contributed by atoms with E-state index in [1.165, 1.54) is 0 Å². The number of hydrogen-bond donors (Lipinski definition) is 1. The number of rotatable bonds is 5. The van der Waals surface area contributed by atoms with E-state index in [1.807, 2.05) is 6.08 Å². The molecule has 0 aromatic carbocycles. The summed E-state index contributed by atoms with van der Waals surface area (Å²) in [6.45, 7) is 19.7. The van der Waals surface area contributed by atoms with Crippen LogP contribution in [0.5, 0.6) is 0 Å². The lowest BCUT2D eigenvalue weighted by Crippen LogP contribution is -2.28. The minimum atomic E-state index is 0.140. The molecule has 0 saturated heterocycles. The largest absolute Gasteiger partial charge is 0.388 e. The Kier molecular flexibility index (Phi) is 4.44. The Balaban J connectivity index is 3.93. The fraction of sp³-hybridized carbons (Fsp3) is 0.692. The van der Waals surface area contributed by atoms with E-state index in [0.29, 0.717) is 5.41 Å². The Morgan fingerprint density at radius 3 is 2.07 bits per heavy atom. The van der Waals surface area contributed by atoms with Crippen molar-refractivity contribution in [3.05, 3.63) is 24.9 Å². The van der Waals surface area contributed by atoms with E-state index < -0.39 is 0 Å². The molecule has 1 heteroatoms. The first-order chi connectivity index (χ1) is 6.16. The molecule has 1 N–H and O–H groups in total. The second kappa shape index (κ2) is 4.68. The van der Waals surface area contributed by atoms with Crippen molar-refractivity contribution in [3.8, 4) is 0 Å². The summed E-state index contributed by atoms with van der Waals surface area (Å²) in [4.78, 5) is 0. The van der Waals surface area contributed by atoms with Crippen molar-refractivity contribution in [1.82, 2.24) is 5.32 Å². The zero-order valence-electron chi connectivity index (χ0n) is 10.4. The Bertz CT molecular complexity index is 206. The van der Waals surface area contributed by atoms with E-state index >= 15 is 0 Å². The molecule has 0 fully saturated rings.